The van der Waals surface area contributed by atoms with Crippen LogP contribution in [0.25, 0.3) is 11.3 Å². The molecule has 0 atom stereocenters. The Balaban J connectivity index is 1.52. The summed E-state index contributed by atoms with van der Waals surface area (Å²) in [5, 5.41) is 7.83. The van der Waals surface area contributed by atoms with E-state index in [1.165, 1.54) is 18.5 Å². The van der Waals surface area contributed by atoms with E-state index in [4.69, 9.17) is 9.72 Å². The van der Waals surface area contributed by atoms with Crippen molar-refractivity contribution in [2.24, 2.45) is 0 Å². The van der Waals surface area contributed by atoms with Crippen LogP contribution in [-0.4, -0.2) is 65.0 Å². The fourth-order valence-electron chi connectivity index (χ4n) is 4.04. The van der Waals surface area contributed by atoms with Crippen LogP contribution in [0.5, 0.6) is 5.75 Å². The van der Waals surface area contributed by atoms with Gasteiger partial charge in [-0.2, -0.15) is 5.10 Å². The molecule has 0 spiro atoms. The number of aromatic nitrogens is 4. The molecule has 0 saturated carbocycles. The standard InChI is InChI=1S/C23H30IN7O/c1-5-31-15-18(22(24)28-31)19-8-11-25-23(26-19)27-20-7-6-17(14-21(20)32-4)30-12-9-16(10-13-30)29(2)3/h6-8,11,14-16H,5,9-10,12-13H2,1-4H3,(H,25,26,27). The summed E-state index contributed by atoms with van der Waals surface area (Å²) in [4.78, 5) is 13.9. The lowest BCUT2D eigenvalue weighted by Gasteiger charge is -2.36. The highest BCUT2D eigenvalue weighted by Crippen LogP contribution is 2.33. The Morgan fingerprint density at radius 1 is 1.22 bits per heavy atom. The number of aryl methyl sites for hydroxylation is 1. The van der Waals surface area contributed by atoms with Crippen molar-refractivity contribution in [3.05, 3.63) is 40.4 Å². The Labute approximate surface area is 203 Å². The molecule has 1 aliphatic heterocycles. The second kappa shape index (κ2) is 10.0. The lowest BCUT2D eigenvalue weighted by molar-refractivity contribution is 0.249. The van der Waals surface area contributed by atoms with Crippen molar-refractivity contribution >= 4 is 39.9 Å². The predicted octanol–water partition coefficient (Wildman–Crippen LogP) is 4.25. The highest BCUT2D eigenvalue weighted by atomic mass is 127. The van der Waals surface area contributed by atoms with Crippen molar-refractivity contribution in [3.8, 4) is 17.0 Å². The zero-order valence-electron chi connectivity index (χ0n) is 19.0. The summed E-state index contributed by atoms with van der Waals surface area (Å²) in [5.41, 5.74) is 3.86. The van der Waals surface area contributed by atoms with E-state index in [1.54, 1.807) is 13.3 Å². The fraction of sp³-hybridized carbons (Fsp3) is 0.435. The van der Waals surface area contributed by atoms with Gasteiger partial charge in [-0.1, -0.05) is 0 Å². The number of ether oxygens (including phenoxy) is 1. The second-order valence-electron chi connectivity index (χ2n) is 8.15. The van der Waals surface area contributed by atoms with E-state index in [1.807, 2.05) is 23.0 Å². The first-order chi connectivity index (χ1) is 15.5. The third-order valence-corrected chi connectivity index (χ3v) is 6.76. The first-order valence-electron chi connectivity index (χ1n) is 10.9. The van der Waals surface area contributed by atoms with E-state index in [-0.39, 0.29) is 0 Å². The zero-order valence-corrected chi connectivity index (χ0v) is 21.2. The maximum absolute atomic E-state index is 5.69. The molecular weight excluding hydrogens is 517 g/mol. The van der Waals surface area contributed by atoms with Gasteiger partial charge in [-0.15, -0.1) is 0 Å². The molecule has 3 heterocycles. The number of hydrogen-bond donors (Lipinski definition) is 1. The Morgan fingerprint density at radius 2 is 2.00 bits per heavy atom. The van der Waals surface area contributed by atoms with Gasteiger partial charge in [0.2, 0.25) is 5.95 Å². The largest absolute Gasteiger partial charge is 0.494 e. The molecule has 1 N–H and O–H groups in total. The molecule has 32 heavy (non-hydrogen) atoms. The average Bonchev–Trinajstić information content (AvgIpc) is 3.20. The van der Waals surface area contributed by atoms with Crippen molar-refractivity contribution in [1.82, 2.24) is 24.6 Å². The molecule has 0 aliphatic carbocycles. The topological polar surface area (TPSA) is 71.3 Å². The molecule has 3 aromatic rings. The molecule has 0 unspecified atom stereocenters. The van der Waals surface area contributed by atoms with E-state index in [9.17, 15) is 0 Å². The van der Waals surface area contributed by atoms with E-state index in [0.29, 0.717) is 12.0 Å². The molecular formula is C23H30IN7O. The predicted molar refractivity (Wildman–Crippen MR) is 137 cm³/mol. The molecule has 0 radical (unpaired) electrons. The van der Waals surface area contributed by atoms with Crippen LogP contribution >= 0.6 is 22.6 Å². The first-order valence-corrected chi connectivity index (χ1v) is 12.0. The zero-order chi connectivity index (χ0) is 22.7. The van der Waals surface area contributed by atoms with Gasteiger partial charge in [0.1, 0.15) is 9.45 Å². The molecule has 1 aliphatic rings. The Bertz CT molecular complexity index is 1060. The van der Waals surface area contributed by atoms with Gasteiger partial charge < -0.3 is 19.9 Å². The maximum atomic E-state index is 5.69. The smallest absolute Gasteiger partial charge is 0.227 e. The molecule has 170 valence electrons. The molecule has 8 nitrogen and oxygen atoms in total. The molecule has 1 aromatic carbocycles. The number of methoxy groups -OCH3 is 1. The summed E-state index contributed by atoms with van der Waals surface area (Å²) in [6, 6.07) is 8.84. The number of anilines is 3. The normalized spacial score (nSPS) is 14.8. The first kappa shape index (κ1) is 22.8. The lowest BCUT2D eigenvalue weighted by atomic mass is 10.0. The van der Waals surface area contributed by atoms with Crippen molar-refractivity contribution in [2.45, 2.75) is 32.4 Å². The van der Waals surface area contributed by atoms with Gasteiger partial charge in [0.05, 0.1) is 24.1 Å². The minimum Gasteiger partial charge on any atom is -0.494 e. The molecule has 0 amide bonds. The lowest BCUT2D eigenvalue weighted by Crippen LogP contribution is -2.41. The highest BCUT2D eigenvalue weighted by molar-refractivity contribution is 14.1. The highest BCUT2D eigenvalue weighted by Gasteiger charge is 2.21. The van der Waals surface area contributed by atoms with Crippen LogP contribution in [0.4, 0.5) is 17.3 Å². The van der Waals surface area contributed by atoms with E-state index in [2.05, 4.69) is 80.9 Å². The summed E-state index contributed by atoms with van der Waals surface area (Å²) in [7, 11) is 6.02. The van der Waals surface area contributed by atoms with Crippen LogP contribution in [-0.2, 0) is 6.54 Å². The van der Waals surface area contributed by atoms with Crippen LogP contribution in [0.2, 0.25) is 0 Å². The van der Waals surface area contributed by atoms with Gasteiger partial charge in [0.15, 0.2) is 0 Å². The molecule has 4 rings (SSSR count). The molecule has 9 heteroatoms. The summed E-state index contributed by atoms with van der Waals surface area (Å²) < 4.78 is 8.53. The van der Waals surface area contributed by atoms with Crippen LogP contribution < -0.4 is 15.0 Å². The quantitative estimate of drug-likeness (QED) is 0.444. The van der Waals surface area contributed by atoms with Gasteiger partial charge in [0, 0.05) is 49.8 Å². The van der Waals surface area contributed by atoms with Gasteiger partial charge >= 0.3 is 0 Å². The summed E-state index contributed by atoms with van der Waals surface area (Å²) in [5.74, 6) is 1.31. The third kappa shape index (κ3) is 4.98. The van der Waals surface area contributed by atoms with Gasteiger partial charge in [-0.05, 0) is 74.7 Å². The van der Waals surface area contributed by atoms with Crippen molar-refractivity contribution in [1.29, 1.82) is 0 Å². The van der Waals surface area contributed by atoms with Crippen LogP contribution in [0.1, 0.15) is 19.8 Å². The Kier molecular flexibility index (Phi) is 7.14. The number of hydrogen-bond acceptors (Lipinski definition) is 7. The number of nitrogens with one attached hydrogen (secondary N) is 1. The minimum absolute atomic E-state index is 0.528. The number of rotatable bonds is 7. The number of piperidine rings is 1. The van der Waals surface area contributed by atoms with Crippen LogP contribution in [0, 0.1) is 3.70 Å². The summed E-state index contributed by atoms with van der Waals surface area (Å²) >= 11 is 2.24. The van der Waals surface area contributed by atoms with E-state index in [0.717, 1.165) is 46.0 Å². The van der Waals surface area contributed by atoms with Crippen molar-refractivity contribution in [2.75, 3.05) is 44.5 Å². The van der Waals surface area contributed by atoms with Crippen LogP contribution in [0.3, 0.4) is 0 Å². The third-order valence-electron chi connectivity index (χ3n) is 5.96. The molecule has 1 fully saturated rings. The second-order valence-corrected chi connectivity index (χ2v) is 9.17. The average molecular weight is 547 g/mol. The van der Waals surface area contributed by atoms with Gasteiger partial charge in [-0.25, -0.2) is 9.97 Å². The summed E-state index contributed by atoms with van der Waals surface area (Å²) in [6.07, 6.45) is 6.12. The van der Waals surface area contributed by atoms with Crippen LogP contribution in [0.15, 0.2) is 36.7 Å². The van der Waals surface area contributed by atoms with E-state index >= 15 is 0 Å². The molecule has 1 saturated heterocycles. The summed E-state index contributed by atoms with van der Waals surface area (Å²) in [6.45, 7) is 4.99. The maximum Gasteiger partial charge on any atom is 0.227 e. The van der Waals surface area contributed by atoms with Gasteiger partial charge in [-0.3, -0.25) is 4.68 Å². The number of halogens is 1. The van der Waals surface area contributed by atoms with Gasteiger partial charge in [0.25, 0.3) is 0 Å². The monoisotopic (exact) mass is 547 g/mol. The Hall–Kier alpha value is -2.40. The SMILES string of the molecule is CCn1cc(-c2ccnc(Nc3ccc(N4CCC(N(C)C)CC4)cc3OC)n2)c(I)n1. The fourth-order valence-corrected chi connectivity index (χ4v) is 4.73. The minimum atomic E-state index is 0.528. The van der Waals surface area contributed by atoms with Crippen molar-refractivity contribution in [3.63, 3.8) is 0 Å². The van der Waals surface area contributed by atoms with Crippen molar-refractivity contribution < 1.29 is 4.74 Å². The molecule has 2 aromatic heterocycles. The van der Waals surface area contributed by atoms with E-state index < -0.39 is 0 Å². The Morgan fingerprint density at radius 3 is 2.66 bits per heavy atom. The number of benzene rings is 1. The number of nitrogens with zero attached hydrogens (tertiary/aromatic N) is 6. The molecule has 0 bridgehead atoms.